The van der Waals surface area contributed by atoms with Crippen molar-refractivity contribution < 1.29 is 14.2 Å². The van der Waals surface area contributed by atoms with Gasteiger partial charge in [0.25, 0.3) is 0 Å². The molecule has 3 aromatic rings. The number of morpholine rings is 1. The molecule has 1 saturated carbocycles. The van der Waals surface area contributed by atoms with E-state index in [0.717, 1.165) is 75.3 Å². The zero-order chi connectivity index (χ0) is 22.7. The Hall–Kier alpha value is -3.17. The topological polar surface area (TPSA) is 86.6 Å². The summed E-state index contributed by atoms with van der Waals surface area (Å²) >= 11 is 0. The second-order valence-corrected chi connectivity index (χ2v) is 9.06. The van der Waals surface area contributed by atoms with Gasteiger partial charge >= 0.3 is 0 Å². The SMILES string of the molecule is c1cnc(Nc2ccnc(N3CCOCC3)c2)c(Oc2cn(C3CC3)nc2C2CCOCC2)c1. The fourth-order valence-corrected chi connectivity index (χ4v) is 4.53. The van der Waals surface area contributed by atoms with Gasteiger partial charge in [-0.1, -0.05) is 0 Å². The molecule has 0 spiro atoms. The molecule has 2 saturated heterocycles. The van der Waals surface area contributed by atoms with Crippen molar-refractivity contribution in [2.45, 2.75) is 37.6 Å². The molecule has 0 amide bonds. The van der Waals surface area contributed by atoms with Crippen molar-refractivity contribution in [1.29, 1.82) is 0 Å². The van der Waals surface area contributed by atoms with Crippen molar-refractivity contribution in [3.05, 3.63) is 48.5 Å². The van der Waals surface area contributed by atoms with Crippen LogP contribution in [0.5, 0.6) is 11.5 Å². The van der Waals surface area contributed by atoms with Crippen molar-refractivity contribution in [2.75, 3.05) is 49.7 Å². The fraction of sp³-hybridized carbons (Fsp3) is 0.480. The molecule has 178 valence electrons. The van der Waals surface area contributed by atoms with Crippen LogP contribution in [0.1, 0.15) is 43.3 Å². The van der Waals surface area contributed by atoms with Crippen molar-refractivity contribution in [3.63, 3.8) is 0 Å². The molecule has 0 radical (unpaired) electrons. The van der Waals surface area contributed by atoms with Gasteiger partial charge in [0.1, 0.15) is 11.5 Å². The Bertz CT molecular complexity index is 1120. The smallest absolute Gasteiger partial charge is 0.173 e. The van der Waals surface area contributed by atoms with Crippen LogP contribution in [0, 0.1) is 0 Å². The van der Waals surface area contributed by atoms with Gasteiger partial charge in [-0.05, 0) is 43.9 Å². The summed E-state index contributed by atoms with van der Waals surface area (Å²) in [6, 6.07) is 8.33. The van der Waals surface area contributed by atoms with Crippen molar-refractivity contribution >= 4 is 17.3 Å². The summed E-state index contributed by atoms with van der Waals surface area (Å²) in [5.74, 6) is 3.44. The van der Waals surface area contributed by atoms with Crippen LogP contribution in [0.2, 0.25) is 0 Å². The van der Waals surface area contributed by atoms with Crippen LogP contribution in [0.4, 0.5) is 17.3 Å². The van der Waals surface area contributed by atoms with Crippen LogP contribution in [0.25, 0.3) is 0 Å². The van der Waals surface area contributed by atoms with E-state index in [1.165, 1.54) is 12.8 Å². The van der Waals surface area contributed by atoms with E-state index >= 15 is 0 Å². The summed E-state index contributed by atoms with van der Waals surface area (Å²) in [4.78, 5) is 11.3. The standard InChI is InChI=1S/C25H30N6O3/c1-2-21(34-22-17-31(20-3-4-20)29-24(22)18-6-12-32-13-7-18)25(27-8-1)28-19-5-9-26-23(16-19)30-10-14-33-15-11-30/h1-2,5,8-9,16-18,20H,3-4,6-7,10-15H2,(H,26,27,28). The quantitative estimate of drug-likeness (QED) is 0.557. The molecule has 1 N–H and O–H groups in total. The Balaban J connectivity index is 1.25. The molecule has 34 heavy (non-hydrogen) atoms. The molecule has 3 aromatic heterocycles. The minimum Gasteiger partial charge on any atom is -0.450 e. The van der Waals surface area contributed by atoms with E-state index in [9.17, 15) is 0 Å². The number of anilines is 3. The van der Waals surface area contributed by atoms with Crippen LogP contribution >= 0.6 is 0 Å². The summed E-state index contributed by atoms with van der Waals surface area (Å²) in [7, 11) is 0. The summed E-state index contributed by atoms with van der Waals surface area (Å²) in [6.07, 6.45) is 9.95. The lowest BCUT2D eigenvalue weighted by atomic mass is 9.96. The zero-order valence-electron chi connectivity index (χ0n) is 19.2. The lowest BCUT2D eigenvalue weighted by Crippen LogP contribution is -2.36. The highest BCUT2D eigenvalue weighted by molar-refractivity contribution is 5.65. The summed E-state index contributed by atoms with van der Waals surface area (Å²) < 4.78 is 19.6. The number of nitrogens with zero attached hydrogens (tertiary/aromatic N) is 5. The van der Waals surface area contributed by atoms with Gasteiger partial charge in [0.2, 0.25) is 0 Å². The first kappa shape index (κ1) is 21.4. The number of rotatable bonds is 7. The Morgan fingerprint density at radius 1 is 0.912 bits per heavy atom. The van der Waals surface area contributed by atoms with Crippen LogP contribution in [-0.2, 0) is 9.47 Å². The van der Waals surface area contributed by atoms with E-state index in [1.54, 1.807) is 6.20 Å². The molecule has 2 aliphatic heterocycles. The third-order valence-electron chi connectivity index (χ3n) is 6.59. The van der Waals surface area contributed by atoms with E-state index in [-0.39, 0.29) is 0 Å². The molecule has 9 heteroatoms. The predicted molar refractivity (Wildman–Crippen MR) is 128 cm³/mol. The maximum atomic E-state index is 6.48. The number of hydrogen-bond acceptors (Lipinski definition) is 8. The highest BCUT2D eigenvalue weighted by Crippen LogP contribution is 2.41. The maximum absolute atomic E-state index is 6.48. The Labute approximate surface area is 199 Å². The van der Waals surface area contributed by atoms with Crippen molar-refractivity contribution in [1.82, 2.24) is 19.7 Å². The first-order valence-electron chi connectivity index (χ1n) is 12.2. The first-order chi connectivity index (χ1) is 16.8. The number of aromatic nitrogens is 4. The predicted octanol–water partition coefficient (Wildman–Crippen LogP) is 4.27. The normalized spacial score (nSPS) is 19.2. The Morgan fingerprint density at radius 3 is 2.56 bits per heavy atom. The highest BCUT2D eigenvalue weighted by atomic mass is 16.5. The lowest BCUT2D eigenvalue weighted by Gasteiger charge is -2.28. The molecular weight excluding hydrogens is 432 g/mol. The van der Waals surface area contributed by atoms with Gasteiger partial charge in [-0.15, -0.1) is 0 Å². The van der Waals surface area contributed by atoms with Crippen LogP contribution in [0.15, 0.2) is 42.9 Å². The zero-order valence-corrected chi connectivity index (χ0v) is 19.2. The summed E-state index contributed by atoms with van der Waals surface area (Å²) in [6.45, 7) is 4.67. The molecule has 6 rings (SSSR count). The monoisotopic (exact) mass is 462 g/mol. The molecule has 0 bridgehead atoms. The van der Waals surface area contributed by atoms with Gasteiger partial charge in [-0.3, -0.25) is 4.68 Å². The maximum Gasteiger partial charge on any atom is 0.173 e. The summed E-state index contributed by atoms with van der Waals surface area (Å²) in [5.41, 5.74) is 1.95. The molecule has 9 nitrogen and oxygen atoms in total. The van der Waals surface area contributed by atoms with Crippen LogP contribution in [0.3, 0.4) is 0 Å². The van der Waals surface area contributed by atoms with Crippen LogP contribution in [-0.4, -0.2) is 59.3 Å². The second kappa shape index (κ2) is 9.60. The largest absolute Gasteiger partial charge is 0.450 e. The minimum absolute atomic E-state index is 0.355. The van der Waals surface area contributed by atoms with Crippen molar-refractivity contribution in [2.24, 2.45) is 0 Å². The van der Waals surface area contributed by atoms with Gasteiger partial charge < -0.3 is 24.4 Å². The molecule has 3 fully saturated rings. The molecule has 0 atom stereocenters. The molecule has 5 heterocycles. The molecule has 1 aliphatic carbocycles. The molecule has 3 aliphatic rings. The van der Waals surface area contributed by atoms with E-state index in [1.807, 2.05) is 30.5 Å². The number of pyridine rings is 2. The van der Waals surface area contributed by atoms with E-state index in [0.29, 0.717) is 23.5 Å². The van der Waals surface area contributed by atoms with Gasteiger partial charge in [0.05, 0.1) is 25.5 Å². The third kappa shape index (κ3) is 4.71. The van der Waals surface area contributed by atoms with Gasteiger partial charge in [0.15, 0.2) is 17.3 Å². The number of nitrogens with one attached hydrogen (secondary N) is 1. The fourth-order valence-electron chi connectivity index (χ4n) is 4.53. The summed E-state index contributed by atoms with van der Waals surface area (Å²) in [5, 5.41) is 8.37. The third-order valence-corrected chi connectivity index (χ3v) is 6.59. The number of ether oxygens (including phenoxy) is 3. The van der Waals surface area contributed by atoms with E-state index in [2.05, 4.69) is 31.1 Å². The molecular formula is C25H30N6O3. The Morgan fingerprint density at radius 2 is 1.74 bits per heavy atom. The average Bonchev–Trinajstić information content (AvgIpc) is 3.67. The van der Waals surface area contributed by atoms with Gasteiger partial charge in [-0.2, -0.15) is 5.10 Å². The molecule has 0 aromatic carbocycles. The lowest BCUT2D eigenvalue weighted by molar-refractivity contribution is 0.0839. The minimum atomic E-state index is 0.355. The first-order valence-corrected chi connectivity index (χ1v) is 12.2. The van der Waals surface area contributed by atoms with Gasteiger partial charge in [-0.25, -0.2) is 9.97 Å². The van der Waals surface area contributed by atoms with E-state index < -0.39 is 0 Å². The second-order valence-electron chi connectivity index (χ2n) is 9.06. The van der Waals surface area contributed by atoms with E-state index in [4.69, 9.17) is 19.3 Å². The highest BCUT2D eigenvalue weighted by Gasteiger charge is 2.30. The average molecular weight is 463 g/mol. The van der Waals surface area contributed by atoms with Crippen LogP contribution < -0.4 is 15.0 Å². The Kier molecular flexibility index (Phi) is 6.03. The number of hydrogen-bond donors (Lipinski definition) is 1. The molecule has 0 unspecified atom stereocenters. The van der Waals surface area contributed by atoms with Crippen molar-refractivity contribution in [3.8, 4) is 11.5 Å². The van der Waals surface area contributed by atoms with Gasteiger partial charge in [0, 0.05) is 56.4 Å².